The van der Waals surface area contributed by atoms with Gasteiger partial charge < -0.3 is 4.90 Å². The van der Waals surface area contributed by atoms with E-state index in [1.807, 2.05) is 43.6 Å². The van der Waals surface area contributed by atoms with Crippen molar-refractivity contribution in [2.75, 3.05) is 13.1 Å². The summed E-state index contributed by atoms with van der Waals surface area (Å²) < 4.78 is 0. The number of carbonyl (C=O) groups excluding carboxylic acids is 2. The minimum Gasteiger partial charge on any atom is -0.336 e. The van der Waals surface area contributed by atoms with Crippen LogP contribution in [0.1, 0.15) is 35.6 Å². The minimum absolute atomic E-state index is 0.0571. The van der Waals surface area contributed by atoms with E-state index in [2.05, 4.69) is 28.2 Å². The van der Waals surface area contributed by atoms with Crippen molar-refractivity contribution in [3.05, 3.63) is 83.9 Å². The van der Waals surface area contributed by atoms with Gasteiger partial charge in [0.15, 0.2) is 0 Å². The summed E-state index contributed by atoms with van der Waals surface area (Å²) in [6, 6.07) is 16.1. The SMILES string of the molecule is Cc1ccc(CC(=O)C(=O)N2CCC(c3ccncc3-c3ccccc3)CC2)nc1. The van der Waals surface area contributed by atoms with Crippen LogP contribution in [0.2, 0.25) is 0 Å². The molecule has 3 heterocycles. The van der Waals surface area contributed by atoms with Crippen LogP contribution in [0.4, 0.5) is 0 Å². The van der Waals surface area contributed by atoms with Crippen LogP contribution >= 0.6 is 0 Å². The van der Waals surface area contributed by atoms with Crippen LogP contribution in [0.25, 0.3) is 11.1 Å². The highest BCUT2D eigenvalue weighted by atomic mass is 16.2. The molecular formula is C25H25N3O2. The Hall–Kier alpha value is -3.34. The molecule has 0 N–H and O–H groups in total. The lowest BCUT2D eigenvalue weighted by Gasteiger charge is -2.32. The first kappa shape index (κ1) is 20.0. The average Bonchev–Trinajstić information content (AvgIpc) is 2.81. The van der Waals surface area contributed by atoms with Crippen molar-refractivity contribution in [2.45, 2.75) is 32.1 Å². The van der Waals surface area contributed by atoms with Crippen molar-refractivity contribution in [3.63, 3.8) is 0 Å². The molecule has 1 saturated heterocycles. The number of amides is 1. The van der Waals surface area contributed by atoms with Gasteiger partial charge >= 0.3 is 0 Å². The van der Waals surface area contributed by atoms with Gasteiger partial charge in [0.1, 0.15) is 0 Å². The van der Waals surface area contributed by atoms with Gasteiger partial charge in [-0.15, -0.1) is 0 Å². The first-order valence-corrected chi connectivity index (χ1v) is 10.3. The Kier molecular flexibility index (Phi) is 5.98. The van der Waals surface area contributed by atoms with Gasteiger partial charge in [0.25, 0.3) is 5.91 Å². The third kappa shape index (κ3) is 4.46. The Labute approximate surface area is 176 Å². The van der Waals surface area contributed by atoms with E-state index in [0.717, 1.165) is 29.5 Å². The number of piperidine rings is 1. The fourth-order valence-electron chi connectivity index (χ4n) is 4.03. The highest BCUT2D eigenvalue weighted by Gasteiger charge is 2.28. The summed E-state index contributed by atoms with van der Waals surface area (Å²) in [4.78, 5) is 35.3. The van der Waals surface area contributed by atoms with Gasteiger partial charge in [-0.3, -0.25) is 19.6 Å². The number of rotatable bonds is 5. The molecule has 0 atom stereocenters. The maximum absolute atomic E-state index is 12.6. The Balaban J connectivity index is 1.40. The summed E-state index contributed by atoms with van der Waals surface area (Å²) >= 11 is 0. The van der Waals surface area contributed by atoms with Crippen molar-refractivity contribution in [2.24, 2.45) is 0 Å². The number of benzene rings is 1. The number of Topliss-reactive ketones (excluding diaryl/α,β-unsaturated/α-hetero) is 1. The van der Waals surface area contributed by atoms with Gasteiger partial charge in [0.2, 0.25) is 5.78 Å². The molecule has 1 fully saturated rings. The van der Waals surface area contributed by atoms with E-state index in [-0.39, 0.29) is 6.42 Å². The lowest BCUT2D eigenvalue weighted by molar-refractivity contribution is -0.145. The Morgan fingerprint density at radius 3 is 2.47 bits per heavy atom. The molecule has 5 nitrogen and oxygen atoms in total. The zero-order valence-electron chi connectivity index (χ0n) is 17.1. The molecule has 1 amide bonds. The molecule has 3 aromatic rings. The average molecular weight is 399 g/mol. The zero-order chi connectivity index (χ0) is 20.9. The number of likely N-dealkylation sites (tertiary alicyclic amines) is 1. The van der Waals surface area contributed by atoms with Crippen LogP contribution in [-0.2, 0) is 16.0 Å². The highest BCUT2D eigenvalue weighted by molar-refractivity contribution is 6.36. The Morgan fingerprint density at radius 1 is 1.00 bits per heavy atom. The number of nitrogens with zero attached hydrogens (tertiary/aromatic N) is 3. The third-order valence-corrected chi connectivity index (χ3v) is 5.71. The molecule has 1 aliphatic heterocycles. The number of hydrogen-bond donors (Lipinski definition) is 0. The first-order chi connectivity index (χ1) is 14.6. The van der Waals surface area contributed by atoms with E-state index in [9.17, 15) is 9.59 Å². The van der Waals surface area contributed by atoms with Crippen LogP contribution in [0, 0.1) is 6.92 Å². The minimum atomic E-state index is -0.395. The van der Waals surface area contributed by atoms with E-state index in [1.165, 1.54) is 5.56 Å². The van der Waals surface area contributed by atoms with Crippen LogP contribution in [0.3, 0.4) is 0 Å². The molecule has 1 aromatic carbocycles. The molecule has 0 unspecified atom stereocenters. The van der Waals surface area contributed by atoms with E-state index >= 15 is 0 Å². The molecule has 0 aliphatic carbocycles. The van der Waals surface area contributed by atoms with Gasteiger partial charge in [0.05, 0.1) is 6.42 Å². The standard InChI is InChI=1S/C25H25N3O2/c1-18-7-8-21(27-16-18)15-24(29)25(30)28-13-10-20(11-14-28)22-9-12-26-17-23(22)19-5-3-2-4-6-19/h2-9,12,16-17,20H,10-11,13-15H2,1H3. The number of aryl methyl sites for hydroxylation is 1. The van der Waals surface area contributed by atoms with Crippen LogP contribution < -0.4 is 0 Å². The highest BCUT2D eigenvalue weighted by Crippen LogP contribution is 2.34. The second kappa shape index (κ2) is 8.99. The summed E-state index contributed by atoms with van der Waals surface area (Å²) in [5.74, 6) is -0.436. The van der Waals surface area contributed by atoms with Crippen LogP contribution in [0.5, 0.6) is 0 Å². The summed E-state index contributed by atoms with van der Waals surface area (Å²) in [6.07, 6.45) is 7.20. The Morgan fingerprint density at radius 2 is 1.77 bits per heavy atom. The molecule has 0 saturated carbocycles. The van der Waals surface area contributed by atoms with Crippen molar-refractivity contribution in [3.8, 4) is 11.1 Å². The predicted molar refractivity (Wildman–Crippen MR) is 116 cm³/mol. The van der Waals surface area contributed by atoms with Crippen molar-refractivity contribution in [1.29, 1.82) is 0 Å². The first-order valence-electron chi connectivity index (χ1n) is 10.3. The number of aromatic nitrogens is 2. The molecule has 0 spiro atoms. The Bertz CT molecular complexity index is 1020. The molecule has 30 heavy (non-hydrogen) atoms. The second-order valence-corrected chi connectivity index (χ2v) is 7.82. The summed E-state index contributed by atoms with van der Waals surface area (Å²) in [6.45, 7) is 3.13. The summed E-state index contributed by atoms with van der Waals surface area (Å²) in [5.41, 5.74) is 5.23. The van der Waals surface area contributed by atoms with Crippen molar-refractivity contribution >= 4 is 11.7 Å². The van der Waals surface area contributed by atoms with E-state index in [1.54, 1.807) is 17.2 Å². The second-order valence-electron chi connectivity index (χ2n) is 7.82. The number of pyridine rings is 2. The van der Waals surface area contributed by atoms with Crippen molar-refractivity contribution in [1.82, 2.24) is 14.9 Å². The van der Waals surface area contributed by atoms with Crippen molar-refractivity contribution < 1.29 is 9.59 Å². The van der Waals surface area contributed by atoms with Crippen LogP contribution in [0.15, 0.2) is 67.1 Å². The number of hydrogen-bond acceptors (Lipinski definition) is 4. The number of ketones is 1. The van der Waals surface area contributed by atoms with Crippen LogP contribution in [-0.4, -0.2) is 39.6 Å². The van der Waals surface area contributed by atoms with E-state index in [0.29, 0.717) is 24.7 Å². The molecule has 0 bridgehead atoms. The fraction of sp³-hybridized carbons (Fsp3) is 0.280. The lowest BCUT2D eigenvalue weighted by Crippen LogP contribution is -2.42. The quantitative estimate of drug-likeness (QED) is 0.609. The van der Waals surface area contributed by atoms with E-state index < -0.39 is 11.7 Å². The lowest BCUT2D eigenvalue weighted by atomic mass is 9.85. The molecule has 0 radical (unpaired) electrons. The molecule has 1 aliphatic rings. The largest absolute Gasteiger partial charge is 0.336 e. The topological polar surface area (TPSA) is 63.2 Å². The molecule has 2 aromatic heterocycles. The maximum Gasteiger partial charge on any atom is 0.290 e. The monoisotopic (exact) mass is 399 g/mol. The zero-order valence-corrected chi connectivity index (χ0v) is 17.1. The van der Waals surface area contributed by atoms with Gasteiger partial charge in [-0.25, -0.2) is 0 Å². The molecule has 152 valence electrons. The molecular weight excluding hydrogens is 374 g/mol. The summed E-state index contributed by atoms with van der Waals surface area (Å²) in [7, 11) is 0. The van der Waals surface area contributed by atoms with Gasteiger partial charge in [-0.2, -0.15) is 0 Å². The fourth-order valence-corrected chi connectivity index (χ4v) is 4.03. The normalized spacial score (nSPS) is 14.5. The maximum atomic E-state index is 12.6. The summed E-state index contributed by atoms with van der Waals surface area (Å²) in [5, 5.41) is 0. The van der Waals surface area contributed by atoms with E-state index in [4.69, 9.17) is 0 Å². The van der Waals surface area contributed by atoms with Gasteiger partial charge in [-0.05, 0) is 54.5 Å². The smallest absolute Gasteiger partial charge is 0.290 e. The molecule has 4 rings (SSSR count). The predicted octanol–water partition coefficient (Wildman–Crippen LogP) is 3.97. The van der Waals surface area contributed by atoms with Gasteiger partial charge in [-0.1, -0.05) is 36.4 Å². The molecule has 5 heteroatoms. The van der Waals surface area contributed by atoms with Gasteiger partial charge in [0, 0.05) is 42.9 Å². The number of carbonyl (C=O) groups is 2. The third-order valence-electron chi connectivity index (χ3n) is 5.71.